The largest absolute Gasteiger partial charge is 0.506 e. The Labute approximate surface area is 122 Å². The maximum Gasteiger partial charge on any atom is 0.335 e. The van der Waals surface area contributed by atoms with Crippen LogP contribution in [0.5, 0.6) is 5.75 Å². The number of aromatic amines is 1. The van der Waals surface area contributed by atoms with Gasteiger partial charge in [0.15, 0.2) is 0 Å². The van der Waals surface area contributed by atoms with E-state index in [0.717, 1.165) is 17.4 Å². The zero-order valence-corrected chi connectivity index (χ0v) is 11.4. The van der Waals surface area contributed by atoms with Crippen LogP contribution in [-0.2, 0) is 6.54 Å². The van der Waals surface area contributed by atoms with E-state index in [1.807, 2.05) is 0 Å². The monoisotopic (exact) mass is 309 g/mol. The lowest BCUT2D eigenvalue weighted by Gasteiger charge is -2.08. The van der Waals surface area contributed by atoms with Crippen LogP contribution in [0.15, 0.2) is 28.4 Å². The molecule has 1 aromatic heterocycles. The summed E-state index contributed by atoms with van der Waals surface area (Å²) < 4.78 is 0. The van der Waals surface area contributed by atoms with Crippen molar-refractivity contribution >= 4 is 29.0 Å². The first-order chi connectivity index (χ1) is 9.95. The van der Waals surface area contributed by atoms with Crippen molar-refractivity contribution in [2.45, 2.75) is 6.54 Å². The standard InChI is InChI=1S/C12H11N3O5S/c16-9-3-6(10(17)18)1-2-8(9)15-11(19)13-4-7-5-21-12(20)14-7/h1-3,5,16H,4H2,(H,14,20)(H,17,18)(H2,13,15,19). The highest BCUT2D eigenvalue weighted by molar-refractivity contribution is 7.07. The van der Waals surface area contributed by atoms with E-state index in [9.17, 15) is 19.5 Å². The number of carboxylic acids is 1. The molecule has 0 aliphatic carbocycles. The van der Waals surface area contributed by atoms with E-state index < -0.39 is 12.0 Å². The second-order valence-electron chi connectivity index (χ2n) is 4.02. The van der Waals surface area contributed by atoms with Crippen LogP contribution in [0.4, 0.5) is 10.5 Å². The first-order valence-corrected chi connectivity index (χ1v) is 6.61. The number of carbonyl (C=O) groups is 2. The van der Waals surface area contributed by atoms with E-state index in [-0.39, 0.29) is 28.4 Å². The number of aromatic hydroxyl groups is 1. The molecule has 0 aliphatic heterocycles. The number of carboxylic acid groups (broad SMARTS) is 1. The van der Waals surface area contributed by atoms with Gasteiger partial charge in [-0.25, -0.2) is 9.59 Å². The summed E-state index contributed by atoms with van der Waals surface area (Å²) >= 11 is 0.988. The van der Waals surface area contributed by atoms with Crippen molar-refractivity contribution in [3.63, 3.8) is 0 Å². The van der Waals surface area contributed by atoms with E-state index in [1.165, 1.54) is 12.1 Å². The van der Waals surface area contributed by atoms with E-state index in [0.29, 0.717) is 5.69 Å². The van der Waals surface area contributed by atoms with Crippen LogP contribution >= 0.6 is 11.3 Å². The summed E-state index contributed by atoms with van der Waals surface area (Å²) in [6.07, 6.45) is 0. The average Bonchev–Trinajstić information content (AvgIpc) is 2.84. The number of hydrogen-bond acceptors (Lipinski definition) is 5. The minimum absolute atomic E-state index is 0.0799. The molecule has 0 unspecified atom stereocenters. The van der Waals surface area contributed by atoms with Gasteiger partial charge in [0, 0.05) is 11.1 Å². The van der Waals surface area contributed by atoms with Crippen LogP contribution in [0.3, 0.4) is 0 Å². The Morgan fingerprint density at radius 1 is 1.33 bits per heavy atom. The van der Waals surface area contributed by atoms with Gasteiger partial charge in [0.25, 0.3) is 0 Å². The topological polar surface area (TPSA) is 132 Å². The molecule has 21 heavy (non-hydrogen) atoms. The highest BCUT2D eigenvalue weighted by Gasteiger charge is 2.10. The molecule has 1 aromatic carbocycles. The fourth-order valence-electron chi connectivity index (χ4n) is 1.51. The lowest BCUT2D eigenvalue weighted by atomic mass is 10.2. The van der Waals surface area contributed by atoms with Crippen molar-refractivity contribution in [2.75, 3.05) is 5.32 Å². The number of nitrogens with one attached hydrogen (secondary N) is 3. The number of carbonyl (C=O) groups excluding carboxylic acids is 1. The number of hydrogen-bond donors (Lipinski definition) is 5. The number of thiazole rings is 1. The van der Waals surface area contributed by atoms with Crippen molar-refractivity contribution in [1.29, 1.82) is 0 Å². The summed E-state index contributed by atoms with van der Waals surface area (Å²) in [4.78, 5) is 35.6. The smallest absolute Gasteiger partial charge is 0.335 e. The van der Waals surface area contributed by atoms with E-state index in [2.05, 4.69) is 15.6 Å². The normalized spacial score (nSPS) is 10.1. The van der Waals surface area contributed by atoms with Gasteiger partial charge in [-0.2, -0.15) is 0 Å². The summed E-state index contributed by atoms with van der Waals surface area (Å²) in [5, 5.41) is 24.8. The van der Waals surface area contributed by atoms with Gasteiger partial charge in [0.1, 0.15) is 5.75 Å². The third-order valence-electron chi connectivity index (χ3n) is 2.50. The number of amides is 2. The molecule has 0 saturated heterocycles. The van der Waals surface area contributed by atoms with Gasteiger partial charge in [0.05, 0.1) is 17.8 Å². The first kappa shape index (κ1) is 14.6. The second kappa shape index (κ2) is 6.09. The van der Waals surface area contributed by atoms with Gasteiger partial charge < -0.3 is 25.8 Å². The van der Waals surface area contributed by atoms with Gasteiger partial charge in [0.2, 0.25) is 0 Å². The highest BCUT2D eigenvalue weighted by atomic mass is 32.1. The minimum atomic E-state index is -1.18. The Kier molecular flexibility index (Phi) is 4.24. The molecule has 0 fully saturated rings. The van der Waals surface area contributed by atoms with Gasteiger partial charge in [-0.05, 0) is 18.2 Å². The number of rotatable bonds is 4. The van der Waals surface area contributed by atoms with E-state index >= 15 is 0 Å². The molecule has 0 aliphatic rings. The number of aromatic nitrogens is 1. The van der Waals surface area contributed by atoms with Gasteiger partial charge in [-0.1, -0.05) is 11.3 Å². The SMILES string of the molecule is O=C(NCc1csc(=O)[nH]1)Nc1ccc(C(=O)O)cc1O. The molecule has 0 saturated carbocycles. The molecule has 110 valence electrons. The summed E-state index contributed by atoms with van der Waals surface area (Å²) in [6.45, 7) is 0.124. The van der Waals surface area contributed by atoms with Gasteiger partial charge in [-0.3, -0.25) is 4.79 Å². The van der Waals surface area contributed by atoms with Crippen molar-refractivity contribution < 1.29 is 19.8 Å². The zero-order valence-electron chi connectivity index (χ0n) is 10.5. The van der Waals surface area contributed by atoms with Gasteiger partial charge in [-0.15, -0.1) is 0 Å². The van der Waals surface area contributed by atoms with Crippen molar-refractivity contribution in [2.24, 2.45) is 0 Å². The Bertz CT molecular complexity index is 736. The quantitative estimate of drug-likeness (QED) is 0.541. The van der Waals surface area contributed by atoms with Crippen LogP contribution in [-0.4, -0.2) is 27.2 Å². The number of phenols is 1. The molecule has 2 amide bonds. The molecular weight excluding hydrogens is 298 g/mol. The molecule has 5 N–H and O–H groups in total. The molecular formula is C12H11N3O5S. The second-order valence-corrected chi connectivity index (χ2v) is 4.86. The summed E-state index contributed by atoms with van der Waals surface area (Å²) in [5.74, 6) is -1.53. The minimum Gasteiger partial charge on any atom is -0.506 e. The predicted molar refractivity (Wildman–Crippen MR) is 75.9 cm³/mol. The number of anilines is 1. The van der Waals surface area contributed by atoms with Crippen molar-refractivity contribution in [1.82, 2.24) is 10.3 Å². The summed E-state index contributed by atoms with van der Waals surface area (Å²) in [7, 11) is 0. The molecule has 0 spiro atoms. The molecule has 0 bridgehead atoms. The average molecular weight is 309 g/mol. The predicted octanol–water partition coefficient (Wildman–Crippen LogP) is 1.16. The van der Waals surface area contributed by atoms with Crippen LogP contribution in [0.1, 0.15) is 16.1 Å². The summed E-state index contributed by atoms with van der Waals surface area (Å²) in [6, 6.07) is 2.98. The maximum absolute atomic E-state index is 11.6. The maximum atomic E-state index is 11.6. The molecule has 0 atom stereocenters. The number of benzene rings is 1. The number of phenolic OH excluding ortho intramolecular Hbond substituents is 1. The Balaban J connectivity index is 1.96. The molecule has 0 radical (unpaired) electrons. The number of urea groups is 1. The first-order valence-electron chi connectivity index (χ1n) is 5.73. The summed E-state index contributed by atoms with van der Waals surface area (Å²) in [5.41, 5.74) is 0.552. The van der Waals surface area contributed by atoms with E-state index in [4.69, 9.17) is 5.11 Å². The molecule has 8 nitrogen and oxygen atoms in total. The lowest BCUT2D eigenvalue weighted by molar-refractivity contribution is 0.0696. The Morgan fingerprint density at radius 2 is 2.10 bits per heavy atom. The van der Waals surface area contributed by atoms with Crippen molar-refractivity contribution in [3.8, 4) is 5.75 Å². The lowest BCUT2D eigenvalue weighted by Crippen LogP contribution is -2.28. The van der Waals surface area contributed by atoms with Crippen LogP contribution < -0.4 is 15.5 Å². The molecule has 2 rings (SSSR count). The zero-order chi connectivity index (χ0) is 15.4. The Morgan fingerprint density at radius 3 is 2.67 bits per heavy atom. The number of aromatic carboxylic acids is 1. The molecule has 1 heterocycles. The fraction of sp³-hybridized carbons (Fsp3) is 0.0833. The van der Waals surface area contributed by atoms with Crippen LogP contribution in [0, 0.1) is 0 Å². The van der Waals surface area contributed by atoms with Crippen molar-refractivity contribution in [3.05, 3.63) is 44.5 Å². The number of H-pyrrole nitrogens is 1. The highest BCUT2D eigenvalue weighted by Crippen LogP contribution is 2.24. The molecule has 9 heteroatoms. The van der Waals surface area contributed by atoms with Crippen LogP contribution in [0.2, 0.25) is 0 Å². The third-order valence-corrected chi connectivity index (χ3v) is 3.22. The Hall–Kier alpha value is -2.81. The molecule has 2 aromatic rings. The van der Waals surface area contributed by atoms with Crippen LogP contribution in [0.25, 0.3) is 0 Å². The van der Waals surface area contributed by atoms with E-state index in [1.54, 1.807) is 5.38 Å². The van der Waals surface area contributed by atoms with Gasteiger partial charge >= 0.3 is 16.9 Å². The fourth-order valence-corrected chi connectivity index (χ4v) is 2.09. The third kappa shape index (κ3) is 3.83.